The maximum Gasteiger partial charge on any atom is 0.198 e. The number of ether oxygens (including phenoxy) is 1. The summed E-state index contributed by atoms with van der Waals surface area (Å²) in [6.07, 6.45) is 1.73. The normalized spacial score (nSPS) is 11.1. The van der Waals surface area contributed by atoms with Gasteiger partial charge in [-0.2, -0.15) is 5.10 Å². The molecule has 1 aromatic heterocycles. The van der Waals surface area contributed by atoms with Gasteiger partial charge >= 0.3 is 0 Å². The fourth-order valence-corrected chi connectivity index (χ4v) is 2.27. The first-order valence-electron chi connectivity index (χ1n) is 6.41. The first kappa shape index (κ1) is 14.7. The van der Waals surface area contributed by atoms with Crippen LogP contribution in [0.4, 0.5) is 0 Å². The first-order valence-corrected chi connectivity index (χ1v) is 6.82. The molecule has 0 aliphatic heterocycles. The van der Waals surface area contributed by atoms with E-state index in [2.05, 4.69) is 29.1 Å². The van der Waals surface area contributed by atoms with E-state index >= 15 is 0 Å². The Hall–Kier alpha value is -1.66. The predicted molar refractivity (Wildman–Crippen MR) is 81.2 cm³/mol. The van der Waals surface area contributed by atoms with Gasteiger partial charge in [-0.1, -0.05) is 17.7 Å². The Bertz CT molecular complexity index is 647. The molecule has 0 unspecified atom stereocenters. The summed E-state index contributed by atoms with van der Waals surface area (Å²) >= 11 is 5.29. The molecular formula is C14H20N4OS. The second-order valence-electron chi connectivity index (χ2n) is 4.99. The second kappa shape index (κ2) is 6.19. The zero-order valence-corrected chi connectivity index (χ0v) is 13.1. The molecule has 0 radical (unpaired) electrons. The molecule has 0 amide bonds. The minimum Gasteiger partial charge on any atom is -0.496 e. The fraction of sp³-hybridized carbons (Fsp3) is 0.429. The Morgan fingerprint density at radius 1 is 1.40 bits per heavy atom. The van der Waals surface area contributed by atoms with Crippen molar-refractivity contribution in [2.24, 2.45) is 7.05 Å². The minimum atomic E-state index is 0.650. The maximum absolute atomic E-state index is 5.41. The molecule has 108 valence electrons. The van der Waals surface area contributed by atoms with Gasteiger partial charge in [0.15, 0.2) is 4.77 Å². The summed E-state index contributed by atoms with van der Waals surface area (Å²) in [5.41, 5.74) is 2.39. The van der Waals surface area contributed by atoms with Crippen LogP contribution in [-0.2, 0) is 20.3 Å². The molecule has 1 heterocycles. The predicted octanol–water partition coefficient (Wildman–Crippen LogP) is 2.36. The van der Waals surface area contributed by atoms with Crippen LogP contribution in [0, 0.1) is 11.7 Å². The topological polar surface area (TPSA) is 35.2 Å². The fourth-order valence-electron chi connectivity index (χ4n) is 2.12. The number of benzene rings is 1. The summed E-state index contributed by atoms with van der Waals surface area (Å²) in [4.78, 5) is 2.15. The van der Waals surface area contributed by atoms with Gasteiger partial charge in [-0.3, -0.25) is 4.90 Å². The third-order valence-electron chi connectivity index (χ3n) is 3.14. The summed E-state index contributed by atoms with van der Waals surface area (Å²) in [5, 5.41) is 4.26. The van der Waals surface area contributed by atoms with E-state index < -0.39 is 0 Å². The highest BCUT2D eigenvalue weighted by Crippen LogP contribution is 2.21. The van der Waals surface area contributed by atoms with Crippen LogP contribution in [0.25, 0.3) is 0 Å². The van der Waals surface area contributed by atoms with E-state index in [1.807, 2.05) is 24.7 Å². The number of methoxy groups -OCH3 is 1. The molecule has 0 saturated heterocycles. The van der Waals surface area contributed by atoms with Gasteiger partial charge in [0.2, 0.25) is 0 Å². The van der Waals surface area contributed by atoms with Crippen LogP contribution in [0.2, 0.25) is 0 Å². The van der Waals surface area contributed by atoms with Gasteiger partial charge in [0.1, 0.15) is 12.1 Å². The number of nitrogens with zero attached hydrogens (tertiary/aromatic N) is 4. The summed E-state index contributed by atoms with van der Waals surface area (Å²) in [5.74, 6) is 0.909. The molecule has 0 fully saturated rings. The number of rotatable bonds is 5. The highest BCUT2D eigenvalue weighted by Gasteiger charge is 2.08. The first-order chi connectivity index (χ1) is 9.51. The summed E-state index contributed by atoms with van der Waals surface area (Å²) in [6, 6.07) is 6.20. The number of hydrogen-bond donors (Lipinski definition) is 0. The minimum absolute atomic E-state index is 0.650. The lowest BCUT2D eigenvalue weighted by molar-refractivity contribution is 0.240. The van der Waals surface area contributed by atoms with Crippen LogP contribution in [0.15, 0.2) is 24.5 Å². The van der Waals surface area contributed by atoms with Gasteiger partial charge in [0.25, 0.3) is 0 Å². The molecule has 0 bridgehead atoms. The third-order valence-corrected chi connectivity index (χ3v) is 3.64. The van der Waals surface area contributed by atoms with Gasteiger partial charge in [-0.15, -0.1) is 0 Å². The van der Waals surface area contributed by atoms with Crippen LogP contribution < -0.4 is 4.74 Å². The van der Waals surface area contributed by atoms with Gasteiger partial charge in [-0.05, 0) is 32.3 Å². The molecule has 1 aromatic carbocycles. The molecule has 5 nitrogen and oxygen atoms in total. The van der Waals surface area contributed by atoms with Gasteiger partial charge in [-0.25, -0.2) is 4.68 Å². The SMILES string of the molecule is COc1ccc(C)cc1CN(C)Cn1ncn(C)c1=S. The molecular weight excluding hydrogens is 272 g/mol. The number of hydrogen-bond acceptors (Lipinski definition) is 4. The standard InChI is InChI=1S/C14H20N4OS/c1-11-5-6-13(19-4)12(7-11)8-16(2)10-18-14(20)17(3)9-15-18/h5-7,9H,8,10H2,1-4H3. The Balaban J connectivity index is 2.12. The quantitative estimate of drug-likeness (QED) is 0.793. The van der Waals surface area contributed by atoms with E-state index in [1.165, 1.54) is 5.56 Å². The van der Waals surface area contributed by atoms with E-state index in [0.29, 0.717) is 11.4 Å². The highest BCUT2D eigenvalue weighted by atomic mass is 32.1. The number of aryl methyl sites for hydroxylation is 2. The van der Waals surface area contributed by atoms with Crippen LogP contribution in [0.1, 0.15) is 11.1 Å². The summed E-state index contributed by atoms with van der Waals surface area (Å²) in [7, 11) is 5.64. The lowest BCUT2D eigenvalue weighted by Gasteiger charge is -2.18. The smallest absolute Gasteiger partial charge is 0.198 e. The van der Waals surface area contributed by atoms with Crippen LogP contribution in [0.3, 0.4) is 0 Å². The molecule has 0 aliphatic carbocycles. The van der Waals surface area contributed by atoms with E-state index in [1.54, 1.807) is 18.1 Å². The third kappa shape index (κ3) is 3.26. The van der Waals surface area contributed by atoms with Crippen LogP contribution >= 0.6 is 12.2 Å². The second-order valence-corrected chi connectivity index (χ2v) is 5.36. The van der Waals surface area contributed by atoms with E-state index in [0.717, 1.165) is 17.9 Å². The molecule has 20 heavy (non-hydrogen) atoms. The number of aromatic nitrogens is 3. The van der Waals surface area contributed by atoms with Crippen molar-refractivity contribution >= 4 is 12.2 Å². The summed E-state index contributed by atoms with van der Waals surface area (Å²) < 4.78 is 9.75. The lowest BCUT2D eigenvalue weighted by Crippen LogP contribution is -2.23. The Morgan fingerprint density at radius 3 is 2.75 bits per heavy atom. The Morgan fingerprint density at radius 2 is 2.15 bits per heavy atom. The molecule has 6 heteroatoms. The van der Waals surface area contributed by atoms with Gasteiger partial charge < -0.3 is 9.30 Å². The maximum atomic E-state index is 5.41. The van der Waals surface area contributed by atoms with E-state index in [-0.39, 0.29) is 0 Å². The molecule has 0 aliphatic rings. The van der Waals surface area contributed by atoms with Crippen molar-refractivity contribution in [3.63, 3.8) is 0 Å². The van der Waals surface area contributed by atoms with Crippen molar-refractivity contribution in [2.45, 2.75) is 20.1 Å². The van der Waals surface area contributed by atoms with Crippen molar-refractivity contribution < 1.29 is 4.74 Å². The molecule has 0 N–H and O–H groups in total. The van der Waals surface area contributed by atoms with Crippen LogP contribution in [0.5, 0.6) is 5.75 Å². The summed E-state index contributed by atoms with van der Waals surface area (Å²) in [6.45, 7) is 3.51. The van der Waals surface area contributed by atoms with Gasteiger partial charge in [0, 0.05) is 19.2 Å². The van der Waals surface area contributed by atoms with E-state index in [9.17, 15) is 0 Å². The molecule has 2 aromatic rings. The Labute approximate surface area is 124 Å². The zero-order chi connectivity index (χ0) is 14.7. The van der Waals surface area contributed by atoms with Crippen molar-refractivity contribution in [3.8, 4) is 5.75 Å². The average molecular weight is 292 g/mol. The highest BCUT2D eigenvalue weighted by molar-refractivity contribution is 7.71. The van der Waals surface area contributed by atoms with Gasteiger partial charge in [0.05, 0.1) is 13.8 Å². The van der Waals surface area contributed by atoms with Crippen molar-refractivity contribution in [3.05, 3.63) is 40.4 Å². The zero-order valence-electron chi connectivity index (χ0n) is 12.3. The molecule has 0 saturated carbocycles. The van der Waals surface area contributed by atoms with Crippen molar-refractivity contribution in [1.82, 2.24) is 19.2 Å². The van der Waals surface area contributed by atoms with Crippen molar-refractivity contribution in [2.75, 3.05) is 14.2 Å². The molecule has 0 spiro atoms. The van der Waals surface area contributed by atoms with E-state index in [4.69, 9.17) is 17.0 Å². The Kier molecular flexibility index (Phi) is 4.57. The average Bonchev–Trinajstić information content (AvgIpc) is 2.71. The largest absolute Gasteiger partial charge is 0.496 e. The molecule has 0 atom stereocenters. The lowest BCUT2D eigenvalue weighted by atomic mass is 10.1. The van der Waals surface area contributed by atoms with Crippen LogP contribution in [-0.4, -0.2) is 33.4 Å². The monoisotopic (exact) mass is 292 g/mol. The molecule has 2 rings (SSSR count). The van der Waals surface area contributed by atoms with Crippen molar-refractivity contribution in [1.29, 1.82) is 0 Å².